The van der Waals surface area contributed by atoms with Crippen LogP contribution in [0, 0.1) is 12.8 Å². The van der Waals surface area contributed by atoms with Gasteiger partial charge >= 0.3 is 0 Å². The number of para-hydroxylation sites is 1. The van der Waals surface area contributed by atoms with E-state index in [-0.39, 0.29) is 11.8 Å². The molecular weight excluding hydrogens is 386 g/mol. The van der Waals surface area contributed by atoms with Gasteiger partial charge < -0.3 is 9.64 Å². The lowest BCUT2D eigenvalue weighted by atomic mass is 10.1. The molecule has 5 heteroatoms. The first-order valence-corrected chi connectivity index (χ1v) is 11.2. The van der Waals surface area contributed by atoms with Crippen LogP contribution >= 0.6 is 0 Å². The molecule has 0 aliphatic heterocycles. The minimum Gasteiger partial charge on any atom is -0.439 e. The minimum absolute atomic E-state index is 0.0312. The van der Waals surface area contributed by atoms with E-state index in [0.717, 1.165) is 42.0 Å². The third-order valence-electron chi connectivity index (χ3n) is 5.68. The van der Waals surface area contributed by atoms with E-state index in [4.69, 9.17) is 9.84 Å². The lowest BCUT2D eigenvalue weighted by Crippen LogP contribution is -2.35. The molecule has 1 amide bonds. The summed E-state index contributed by atoms with van der Waals surface area (Å²) in [4.78, 5) is 15.0. The zero-order chi connectivity index (χ0) is 22.0. The van der Waals surface area contributed by atoms with Gasteiger partial charge in [0.05, 0.1) is 23.5 Å². The van der Waals surface area contributed by atoms with Crippen molar-refractivity contribution in [1.29, 1.82) is 0 Å². The number of aryl methyl sites for hydroxylation is 2. The van der Waals surface area contributed by atoms with Gasteiger partial charge in [-0.15, -0.1) is 0 Å². The van der Waals surface area contributed by atoms with Gasteiger partial charge in [-0.3, -0.25) is 4.79 Å². The molecule has 1 aliphatic carbocycles. The van der Waals surface area contributed by atoms with Crippen LogP contribution in [0.3, 0.4) is 0 Å². The van der Waals surface area contributed by atoms with Crippen molar-refractivity contribution in [3.05, 3.63) is 71.4 Å². The molecular formula is C26H31N3O2. The number of benzene rings is 2. The SMILES string of the molecule is CCc1nn(-c2ccccc2)c(Oc2ccc(C)cc2)c1CN(C(=O)C(C)C)C1CC1. The predicted octanol–water partition coefficient (Wildman–Crippen LogP) is 5.68. The second-order valence-corrected chi connectivity index (χ2v) is 8.60. The molecule has 1 saturated carbocycles. The summed E-state index contributed by atoms with van der Waals surface area (Å²) < 4.78 is 8.31. The number of aromatic nitrogens is 2. The van der Waals surface area contributed by atoms with E-state index < -0.39 is 0 Å². The Morgan fingerprint density at radius 1 is 1.13 bits per heavy atom. The summed E-state index contributed by atoms with van der Waals surface area (Å²) in [7, 11) is 0. The largest absolute Gasteiger partial charge is 0.439 e. The molecule has 0 radical (unpaired) electrons. The molecule has 4 rings (SSSR count). The maximum atomic E-state index is 13.0. The molecule has 1 aliphatic rings. The number of ether oxygens (including phenoxy) is 1. The van der Waals surface area contributed by atoms with Gasteiger partial charge in [0.2, 0.25) is 11.8 Å². The molecule has 162 valence electrons. The molecule has 0 spiro atoms. The first kappa shape index (κ1) is 21.2. The summed E-state index contributed by atoms with van der Waals surface area (Å²) in [6.45, 7) is 8.62. The van der Waals surface area contributed by atoms with Gasteiger partial charge in [-0.1, -0.05) is 56.7 Å². The second kappa shape index (κ2) is 8.96. The Kier molecular flexibility index (Phi) is 6.12. The Labute approximate surface area is 184 Å². The van der Waals surface area contributed by atoms with E-state index in [2.05, 4.69) is 13.8 Å². The van der Waals surface area contributed by atoms with Crippen LogP contribution in [0.15, 0.2) is 54.6 Å². The second-order valence-electron chi connectivity index (χ2n) is 8.60. The lowest BCUT2D eigenvalue weighted by molar-refractivity contribution is -0.135. The molecule has 1 heterocycles. The Morgan fingerprint density at radius 3 is 2.39 bits per heavy atom. The van der Waals surface area contributed by atoms with Crippen molar-refractivity contribution in [3.8, 4) is 17.3 Å². The van der Waals surface area contributed by atoms with Crippen molar-refractivity contribution in [2.45, 2.75) is 59.5 Å². The third-order valence-corrected chi connectivity index (χ3v) is 5.68. The van der Waals surface area contributed by atoms with Crippen LogP contribution in [0.5, 0.6) is 11.6 Å². The summed E-state index contributed by atoms with van der Waals surface area (Å²) in [5.41, 5.74) is 4.08. The molecule has 0 unspecified atom stereocenters. The van der Waals surface area contributed by atoms with Crippen molar-refractivity contribution in [2.75, 3.05) is 0 Å². The highest BCUT2D eigenvalue weighted by molar-refractivity contribution is 5.79. The van der Waals surface area contributed by atoms with Crippen molar-refractivity contribution in [2.24, 2.45) is 5.92 Å². The highest BCUT2D eigenvalue weighted by Crippen LogP contribution is 2.36. The van der Waals surface area contributed by atoms with Crippen LogP contribution in [0.25, 0.3) is 5.69 Å². The standard InChI is InChI=1S/C26H31N3O2/c1-5-24-23(17-28(20-13-14-20)25(30)18(2)3)26(31-22-15-11-19(4)12-16-22)29(27-24)21-9-7-6-8-10-21/h6-12,15-16,18,20H,5,13-14,17H2,1-4H3. The first-order chi connectivity index (χ1) is 15.0. The van der Waals surface area contributed by atoms with E-state index in [0.29, 0.717) is 18.5 Å². The lowest BCUT2D eigenvalue weighted by Gasteiger charge is -2.25. The average molecular weight is 418 g/mol. The summed E-state index contributed by atoms with van der Waals surface area (Å²) in [5, 5.41) is 4.90. The van der Waals surface area contributed by atoms with Crippen molar-refractivity contribution in [3.63, 3.8) is 0 Å². The zero-order valence-electron chi connectivity index (χ0n) is 18.8. The van der Waals surface area contributed by atoms with Crippen molar-refractivity contribution >= 4 is 5.91 Å². The smallest absolute Gasteiger partial charge is 0.227 e. The molecule has 5 nitrogen and oxygen atoms in total. The molecule has 1 aromatic heterocycles. The fourth-order valence-corrected chi connectivity index (χ4v) is 3.76. The zero-order valence-corrected chi connectivity index (χ0v) is 18.8. The van der Waals surface area contributed by atoms with Gasteiger partial charge in [-0.05, 0) is 50.5 Å². The van der Waals surface area contributed by atoms with Crippen LogP contribution in [-0.4, -0.2) is 26.6 Å². The molecule has 0 saturated heterocycles. The number of amides is 1. The van der Waals surface area contributed by atoms with E-state index >= 15 is 0 Å². The van der Waals surface area contributed by atoms with E-state index in [1.807, 2.05) is 78.0 Å². The van der Waals surface area contributed by atoms with E-state index in [9.17, 15) is 4.79 Å². The topological polar surface area (TPSA) is 47.4 Å². The maximum absolute atomic E-state index is 13.0. The van der Waals surface area contributed by atoms with Crippen molar-refractivity contribution < 1.29 is 9.53 Å². The number of hydrogen-bond acceptors (Lipinski definition) is 3. The fraction of sp³-hybridized carbons (Fsp3) is 0.385. The maximum Gasteiger partial charge on any atom is 0.227 e. The summed E-state index contributed by atoms with van der Waals surface area (Å²) in [6.07, 6.45) is 2.91. The first-order valence-electron chi connectivity index (χ1n) is 11.2. The number of carbonyl (C=O) groups excluding carboxylic acids is 1. The Morgan fingerprint density at radius 2 is 1.81 bits per heavy atom. The van der Waals surface area contributed by atoms with Crippen LogP contribution in [0.4, 0.5) is 0 Å². The Balaban J connectivity index is 1.79. The quantitative estimate of drug-likeness (QED) is 0.473. The highest BCUT2D eigenvalue weighted by atomic mass is 16.5. The fourth-order valence-electron chi connectivity index (χ4n) is 3.76. The van der Waals surface area contributed by atoms with Crippen LogP contribution in [0.1, 0.15) is 50.4 Å². The van der Waals surface area contributed by atoms with Gasteiger partial charge in [0.25, 0.3) is 0 Å². The average Bonchev–Trinajstić information content (AvgIpc) is 3.56. The van der Waals surface area contributed by atoms with Gasteiger partial charge in [0, 0.05) is 12.0 Å². The Hall–Kier alpha value is -3.08. The number of rotatable bonds is 8. The number of carbonyl (C=O) groups is 1. The molecule has 0 N–H and O–H groups in total. The third kappa shape index (κ3) is 4.66. The van der Waals surface area contributed by atoms with Crippen LogP contribution in [0.2, 0.25) is 0 Å². The summed E-state index contributed by atoms with van der Waals surface area (Å²) in [6, 6.07) is 18.4. The molecule has 0 bridgehead atoms. The molecule has 31 heavy (non-hydrogen) atoms. The predicted molar refractivity (Wildman–Crippen MR) is 123 cm³/mol. The van der Waals surface area contributed by atoms with Gasteiger partial charge in [-0.25, -0.2) is 4.68 Å². The molecule has 0 atom stereocenters. The van der Waals surface area contributed by atoms with Crippen molar-refractivity contribution in [1.82, 2.24) is 14.7 Å². The highest BCUT2D eigenvalue weighted by Gasteiger charge is 2.35. The van der Waals surface area contributed by atoms with Gasteiger partial charge in [-0.2, -0.15) is 5.10 Å². The summed E-state index contributed by atoms with van der Waals surface area (Å²) >= 11 is 0. The van der Waals surface area contributed by atoms with E-state index in [1.54, 1.807) is 0 Å². The molecule has 2 aromatic carbocycles. The van der Waals surface area contributed by atoms with Crippen LogP contribution < -0.4 is 4.74 Å². The number of hydrogen-bond donors (Lipinski definition) is 0. The minimum atomic E-state index is -0.0312. The Bertz CT molecular complexity index is 1030. The van der Waals surface area contributed by atoms with Gasteiger partial charge in [0.15, 0.2) is 0 Å². The molecule has 1 fully saturated rings. The molecule has 3 aromatic rings. The monoisotopic (exact) mass is 417 g/mol. The van der Waals surface area contributed by atoms with Crippen LogP contribution in [-0.2, 0) is 17.8 Å². The number of nitrogens with zero attached hydrogens (tertiary/aromatic N) is 3. The summed E-state index contributed by atoms with van der Waals surface area (Å²) in [5.74, 6) is 1.61. The van der Waals surface area contributed by atoms with E-state index in [1.165, 1.54) is 5.56 Å². The normalized spacial score (nSPS) is 13.5. The van der Waals surface area contributed by atoms with Gasteiger partial charge in [0.1, 0.15) is 5.75 Å².